The zero-order valence-corrected chi connectivity index (χ0v) is 18.2. The van der Waals surface area contributed by atoms with Gasteiger partial charge >= 0.3 is 0 Å². The Morgan fingerprint density at radius 3 is 2.88 bits per heavy atom. The van der Waals surface area contributed by atoms with Crippen LogP contribution in [-0.2, 0) is 0 Å². The molecule has 12 heteroatoms. The number of aromatic nitrogens is 7. The van der Waals surface area contributed by atoms with Gasteiger partial charge in [-0.2, -0.15) is 10.1 Å². The Balaban J connectivity index is 1.42. The van der Waals surface area contributed by atoms with Crippen LogP contribution < -0.4 is 15.0 Å². The maximum atomic E-state index is 6.30. The van der Waals surface area contributed by atoms with Crippen LogP contribution in [0.4, 0.5) is 17.6 Å². The fraction of sp³-hybridized carbons (Fsp3) is 0.300. The number of aromatic amines is 1. The van der Waals surface area contributed by atoms with E-state index in [1.54, 1.807) is 25.6 Å². The van der Waals surface area contributed by atoms with Gasteiger partial charge in [0.2, 0.25) is 11.8 Å². The number of H-pyrrole nitrogens is 1. The van der Waals surface area contributed by atoms with Crippen LogP contribution in [0.5, 0.6) is 5.88 Å². The first-order valence-electron chi connectivity index (χ1n) is 10.0. The largest absolute Gasteiger partial charge is 0.479 e. The molecule has 0 unspecified atom stereocenters. The topological polar surface area (TPSA) is 131 Å². The summed E-state index contributed by atoms with van der Waals surface area (Å²) in [6, 6.07) is 5.31. The predicted octanol–water partition coefficient (Wildman–Crippen LogP) is 3.70. The van der Waals surface area contributed by atoms with Crippen LogP contribution >= 0.6 is 11.6 Å². The number of anilines is 3. The predicted molar refractivity (Wildman–Crippen MR) is 117 cm³/mol. The van der Waals surface area contributed by atoms with E-state index in [-0.39, 0.29) is 6.04 Å². The molecule has 0 saturated carbocycles. The molecule has 0 aromatic carbocycles. The van der Waals surface area contributed by atoms with Crippen molar-refractivity contribution in [3.8, 4) is 17.3 Å². The minimum absolute atomic E-state index is 0.0853. The summed E-state index contributed by atoms with van der Waals surface area (Å²) in [7, 11) is 1.54. The number of nitrogens with one attached hydrogen (secondary N) is 2. The van der Waals surface area contributed by atoms with E-state index >= 15 is 0 Å². The Morgan fingerprint density at radius 2 is 2.06 bits per heavy atom. The molecule has 1 aliphatic heterocycles. The lowest BCUT2D eigenvalue weighted by molar-refractivity contribution is 0.361. The second-order valence-electron chi connectivity index (χ2n) is 7.32. The second-order valence-corrected chi connectivity index (χ2v) is 7.70. The van der Waals surface area contributed by atoms with E-state index in [0.717, 1.165) is 25.1 Å². The van der Waals surface area contributed by atoms with Crippen molar-refractivity contribution < 1.29 is 9.26 Å². The van der Waals surface area contributed by atoms with E-state index in [0.29, 0.717) is 45.8 Å². The molecular formula is C20H20ClN9O2. The SMILES string of the molecule is COc1nccnc1-c1cc([C@@H]2CCCN2c2nc(Cl)cc(Nc3cc(C)[nH]n3)n2)on1. The highest BCUT2D eigenvalue weighted by molar-refractivity contribution is 6.29. The minimum atomic E-state index is -0.0853. The zero-order valence-electron chi connectivity index (χ0n) is 17.4. The van der Waals surface area contributed by atoms with Gasteiger partial charge in [-0.15, -0.1) is 0 Å². The zero-order chi connectivity index (χ0) is 22.1. The van der Waals surface area contributed by atoms with Gasteiger partial charge in [0, 0.05) is 42.8 Å². The van der Waals surface area contributed by atoms with Crippen molar-refractivity contribution in [3.63, 3.8) is 0 Å². The molecule has 0 radical (unpaired) electrons. The molecule has 164 valence electrons. The molecule has 32 heavy (non-hydrogen) atoms. The highest BCUT2D eigenvalue weighted by atomic mass is 35.5. The maximum absolute atomic E-state index is 6.30. The summed E-state index contributed by atoms with van der Waals surface area (Å²) in [6.45, 7) is 2.68. The van der Waals surface area contributed by atoms with Crippen LogP contribution in [0.25, 0.3) is 11.4 Å². The number of ether oxygens (including phenoxy) is 1. The van der Waals surface area contributed by atoms with Crippen LogP contribution in [-0.4, -0.2) is 48.9 Å². The maximum Gasteiger partial charge on any atom is 0.242 e. The lowest BCUT2D eigenvalue weighted by Gasteiger charge is -2.23. The number of methoxy groups -OCH3 is 1. The van der Waals surface area contributed by atoms with Gasteiger partial charge in [0.1, 0.15) is 16.7 Å². The van der Waals surface area contributed by atoms with Crippen molar-refractivity contribution in [2.24, 2.45) is 0 Å². The lowest BCUT2D eigenvalue weighted by atomic mass is 10.1. The van der Waals surface area contributed by atoms with Gasteiger partial charge < -0.3 is 19.5 Å². The standard InChI is InChI=1S/C20H20ClN9O2/c1-11-8-17(28-27-11)25-16-10-15(21)24-20(26-16)30-7-3-4-13(30)14-9-12(29-32-14)18-19(31-2)23-6-5-22-18/h5-6,8-10,13H,3-4,7H2,1-2H3,(H2,24,25,26,27,28)/t13-/m0/s1. The van der Waals surface area contributed by atoms with Gasteiger partial charge in [0.05, 0.1) is 13.2 Å². The number of hydrogen-bond donors (Lipinski definition) is 2. The lowest BCUT2D eigenvalue weighted by Crippen LogP contribution is -2.24. The van der Waals surface area contributed by atoms with Crippen LogP contribution in [0, 0.1) is 6.92 Å². The summed E-state index contributed by atoms with van der Waals surface area (Å²) in [6.07, 6.45) is 4.97. The first-order valence-corrected chi connectivity index (χ1v) is 10.4. The van der Waals surface area contributed by atoms with Gasteiger partial charge in [0.15, 0.2) is 17.3 Å². The summed E-state index contributed by atoms with van der Waals surface area (Å²) < 4.78 is 11.0. The molecule has 11 nitrogen and oxygen atoms in total. The molecule has 0 bridgehead atoms. The molecule has 0 spiro atoms. The Kier molecular flexibility index (Phi) is 5.31. The van der Waals surface area contributed by atoms with Crippen LogP contribution in [0.2, 0.25) is 5.15 Å². The molecule has 1 atom stereocenters. The van der Waals surface area contributed by atoms with Crippen LogP contribution in [0.1, 0.15) is 30.3 Å². The second kappa shape index (κ2) is 8.42. The molecule has 5 heterocycles. The van der Waals surface area contributed by atoms with Crippen molar-refractivity contribution in [1.29, 1.82) is 0 Å². The number of aryl methyl sites for hydroxylation is 1. The average molecular weight is 454 g/mol. The van der Waals surface area contributed by atoms with Crippen molar-refractivity contribution in [2.75, 3.05) is 23.9 Å². The van der Waals surface area contributed by atoms with Gasteiger partial charge in [-0.1, -0.05) is 16.8 Å². The molecule has 2 N–H and O–H groups in total. The smallest absolute Gasteiger partial charge is 0.242 e. The molecule has 0 aliphatic carbocycles. The summed E-state index contributed by atoms with van der Waals surface area (Å²) in [5.74, 6) is 2.79. The molecule has 1 saturated heterocycles. The van der Waals surface area contributed by atoms with Gasteiger partial charge in [-0.05, 0) is 19.8 Å². The first kappa shape index (κ1) is 20.2. The van der Waals surface area contributed by atoms with E-state index < -0.39 is 0 Å². The molecule has 5 rings (SSSR count). The minimum Gasteiger partial charge on any atom is -0.479 e. The average Bonchev–Trinajstić information content (AvgIpc) is 3.54. The van der Waals surface area contributed by atoms with Gasteiger partial charge in [-0.25, -0.2) is 15.0 Å². The molecule has 1 aliphatic rings. The van der Waals surface area contributed by atoms with Crippen molar-refractivity contribution in [2.45, 2.75) is 25.8 Å². The van der Waals surface area contributed by atoms with Crippen molar-refractivity contribution in [3.05, 3.63) is 47.2 Å². The third-order valence-electron chi connectivity index (χ3n) is 5.11. The summed E-state index contributed by atoms with van der Waals surface area (Å²) in [5, 5.41) is 14.7. The number of rotatable bonds is 6. The molecular weight excluding hydrogens is 434 g/mol. The monoisotopic (exact) mass is 453 g/mol. The van der Waals surface area contributed by atoms with Crippen LogP contribution in [0.15, 0.2) is 35.1 Å². The summed E-state index contributed by atoms with van der Waals surface area (Å²) in [4.78, 5) is 19.6. The molecule has 0 amide bonds. The molecule has 1 fully saturated rings. The van der Waals surface area contributed by atoms with E-state index in [4.69, 9.17) is 20.9 Å². The van der Waals surface area contributed by atoms with Gasteiger partial charge in [-0.3, -0.25) is 5.10 Å². The first-order chi connectivity index (χ1) is 15.6. The van der Waals surface area contributed by atoms with E-state index in [9.17, 15) is 0 Å². The van der Waals surface area contributed by atoms with Crippen molar-refractivity contribution in [1.82, 2.24) is 35.3 Å². The number of hydrogen-bond acceptors (Lipinski definition) is 10. The summed E-state index contributed by atoms with van der Waals surface area (Å²) >= 11 is 6.30. The van der Waals surface area contributed by atoms with E-state index in [1.165, 1.54) is 0 Å². The number of nitrogens with zero attached hydrogens (tertiary/aromatic N) is 7. The normalized spacial score (nSPS) is 15.8. The Morgan fingerprint density at radius 1 is 1.19 bits per heavy atom. The quantitative estimate of drug-likeness (QED) is 0.416. The molecule has 4 aromatic rings. The fourth-order valence-corrected chi connectivity index (χ4v) is 3.90. The Bertz CT molecular complexity index is 1240. The number of halogens is 1. The van der Waals surface area contributed by atoms with Crippen LogP contribution in [0.3, 0.4) is 0 Å². The molecule has 4 aromatic heterocycles. The highest BCUT2D eigenvalue weighted by Crippen LogP contribution is 2.37. The third-order valence-corrected chi connectivity index (χ3v) is 5.31. The highest BCUT2D eigenvalue weighted by Gasteiger charge is 2.32. The Hall–Kier alpha value is -3.73. The van der Waals surface area contributed by atoms with Gasteiger partial charge in [0.25, 0.3) is 0 Å². The van der Waals surface area contributed by atoms with E-state index in [2.05, 4.69) is 45.5 Å². The summed E-state index contributed by atoms with van der Waals surface area (Å²) in [5.41, 5.74) is 2.02. The third kappa shape index (κ3) is 3.94. The van der Waals surface area contributed by atoms with Crippen molar-refractivity contribution >= 4 is 29.2 Å². The fourth-order valence-electron chi connectivity index (χ4n) is 3.72. The Labute approximate surface area is 188 Å². The van der Waals surface area contributed by atoms with E-state index in [1.807, 2.05) is 19.1 Å².